The smallest absolute Gasteiger partial charge is 0.228 e. The number of anilines is 2. The summed E-state index contributed by atoms with van der Waals surface area (Å²) in [6, 6.07) is 15.3. The third-order valence-electron chi connectivity index (χ3n) is 5.17. The number of nitrogens with two attached hydrogens (primary N) is 1. The maximum Gasteiger partial charge on any atom is 0.228 e. The van der Waals surface area contributed by atoms with Gasteiger partial charge in [0.1, 0.15) is 18.2 Å². The Hall–Kier alpha value is -3.87. The fourth-order valence-corrected chi connectivity index (χ4v) is 3.75. The number of carbonyl (C=O) groups excluding carboxylic acids is 2. The highest BCUT2D eigenvalue weighted by molar-refractivity contribution is 6.00. The molecule has 1 aromatic heterocycles. The molecule has 0 unspecified atom stereocenters. The SMILES string of the molecule is Cc1ccnc(NCCOc2ccccc2CC(N)=O)c1-c1ccc2c(c1)CC(=O)N2. The highest BCUT2D eigenvalue weighted by Gasteiger charge is 2.19. The lowest BCUT2D eigenvalue weighted by molar-refractivity contribution is -0.117. The predicted molar refractivity (Wildman–Crippen MR) is 120 cm³/mol. The predicted octanol–water partition coefficient (Wildman–Crippen LogP) is 3.07. The molecule has 31 heavy (non-hydrogen) atoms. The van der Waals surface area contributed by atoms with E-state index in [1.54, 1.807) is 6.20 Å². The number of rotatable bonds is 8. The fourth-order valence-electron chi connectivity index (χ4n) is 3.75. The molecule has 1 aliphatic heterocycles. The van der Waals surface area contributed by atoms with E-state index in [-0.39, 0.29) is 12.3 Å². The number of pyridine rings is 1. The summed E-state index contributed by atoms with van der Waals surface area (Å²) < 4.78 is 5.86. The molecule has 2 aromatic carbocycles. The minimum atomic E-state index is -0.394. The Morgan fingerprint density at radius 2 is 2.06 bits per heavy atom. The lowest BCUT2D eigenvalue weighted by Crippen LogP contribution is -2.16. The topological polar surface area (TPSA) is 106 Å². The maximum absolute atomic E-state index is 11.7. The molecule has 0 bridgehead atoms. The quantitative estimate of drug-likeness (QED) is 0.489. The van der Waals surface area contributed by atoms with Gasteiger partial charge in [0.2, 0.25) is 11.8 Å². The zero-order valence-electron chi connectivity index (χ0n) is 17.3. The molecule has 1 aliphatic rings. The lowest BCUT2D eigenvalue weighted by Gasteiger charge is -2.15. The van der Waals surface area contributed by atoms with Gasteiger partial charge in [-0.1, -0.05) is 24.3 Å². The molecular weight excluding hydrogens is 392 g/mol. The molecular formula is C24H24N4O3. The molecule has 0 atom stereocenters. The number of hydrogen-bond donors (Lipinski definition) is 3. The first-order valence-corrected chi connectivity index (χ1v) is 10.1. The molecule has 0 radical (unpaired) electrons. The normalized spacial score (nSPS) is 12.2. The van der Waals surface area contributed by atoms with Gasteiger partial charge < -0.3 is 21.1 Å². The number of aryl methyl sites for hydroxylation is 1. The Kier molecular flexibility index (Phi) is 5.84. The summed E-state index contributed by atoms with van der Waals surface area (Å²) in [6.45, 7) is 2.96. The third-order valence-corrected chi connectivity index (χ3v) is 5.17. The Labute approximate surface area is 180 Å². The molecule has 4 rings (SSSR count). The highest BCUT2D eigenvalue weighted by atomic mass is 16.5. The zero-order valence-corrected chi connectivity index (χ0v) is 17.3. The second kappa shape index (κ2) is 8.87. The Balaban J connectivity index is 1.46. The number of fused-ring (bicyclic) bond motifs is 1. The summed E-state index contributed by atoms with van der Waals surface area (Å²) in [5.74, 6) is 1.03. The van der Waals surface area contributed by atoms with E-state index in [1.807, 2.05) is 55.5 Å². The van der Waals surface area contributed by atoms with Crippen molar-refractivity contribution in [1.29, 1.82) is 0 Å². The van der Waals surface area contributed by atoms with Crippen molar-refractivity contribution in [2.45, 2.75) is 19.8 Å². The van der Waals surface area contributed by atoms with Crippen molar-refractivity contribution in [1.82, 2.24) is 4.98 Å². The number of hydrogen-bond acceptors (Lipinski definition) is 5. The number of nitrogens with zero attached hydrogens (tertiary/aromatic N) is 1. The van der Waals surface area contributed by atoms with Crippen molar-refractivity contribution in [3.05, 3.63) is 71.4 Å². The van der Waals surface area contributed by atoms with Crippen molar-refractivity contribution < 1.29 is 14.3 Å². The molecule has 0 fully saturated rings. The number of carbonyl (C=O) groups is 2. The van der Waals surface area contributed by atoms with Gasteiger partial charge in [-0.05, 0) is 47.9 Å². The number of ether oxygens (including phenoxy) is 1. The van der Waals surface area contributed by atoms with Crippen molar-refractivity contribution in [2.75, 3.05) is 23.8 Å². The van der Waals surface area contributed by atoms with E-state index in [2.05, 4.69) is 15.6 Å². The second-order valence-electron chi connectivity index (χ2n) is 7.47. The number of amides is 2. The van der Waals surface area contributed by atoms with Gasteiger partial charge in [0.05, 0.1) is 19.4 Å². The minimum Gasteiger partial charge on any atom is -0.491 e. The van der Waals surface area contributed by atoms with E-state index in [0.29, 0.717) is 25.3 Å². The van der Waals surface area contributed by atoms with Crippen LogP contribution in [0.4, 0.5) is 11.5 Å². The summed E-state index contributed by atoms with van der Waals surface area (Å²) >= 11 is 0. The number of primary amides is 1. The van der Waals surface area contributed by atoms with Gasteiger partial charge in [0.25, 0.3) is 0 Å². The van der Waals surface area contributed by atoms with Crippen LogP contribution in [-0.4, -0.2) is 29.9 Å². The van der Waals surface area contributed by atoms with Crippen molar-refractivity contribution in [3.63, 3.8) is 0 Å². The molecule has 4 N–H and O–H groups in total. The molecule has 2 amide bonds. The molecule has 0 aliphatic carbocycles. The van der Waals surface area contributed by atoms with E-state index in [0.717, 1.165) is 39.3 Å². The largest absolute Gasteiger partial charge is 0.491 e. The second-order valence-corrected chi connectivity index (χ2v) is 7.47. The third kappa shape index (κ3) is 4.66. The average Bonchev–Trinajstić information content (AvgIpc) is 3.11. The first-order chi connectivity index (χ1) is 15.0. The standard InChI is InChI=1S/C24H24N4O3/c1-15-8-9-26-24(23(15)17-6-7-19-18(12-17)14-22(30)28-19)27-10-11-31-20-5-3-2-4-16(20)13-21(25)29/h2-9,12H,10-11,13-14H2,1H3,(H2,25,29)(H,26,27)(H,28,30). The van der Waals surface area contributed by atoms with Crippen LogP contribution in [0.2, 0.25) is 0 Å². The fraction of sp³-hybridized carbons (Fsp3) is 0.208. The minimum absolute atomic E-state index is 0.0159. The van der Waals surface area contributed by atoms with Gasteiger partial charge in [-0.3, -0.25) is 9.59 Å². The van der Waals surface area contributed by atoms with Crippen LogP contribution in [0.15, 0.2) is 54.7 Å². The summed E-state index contributed by atoms with van der Waals surface area (Å²) in [6.07, 6.45) is 2.30. The Bertz CT molecular complexity index is 1140. The first-order valence-electron chi connectivity index (χ1n) is 10.1. The summed E-state index contributed by atoms with van der Waals surface area (Å²) in [5, 5.41) is 6.21. The van der Waals surface area contributed by atoms with E-state index in [9.17, 15) is 9.59 Å². The van der Waals surface area contributed by atoms with Gasteiger partial charge in [-0.25, -0.2) is 4.98 Å². The summed E-state index contributed by atoms with van der Waals surface area (Å²) in [4.78, 5) is 27.4. The van der Waals surface area contributed by atoms with E-state index in [1.165, 1.54) is 0 Å². The zero-order chi connectivity index (χ0) is 21.8. The van der Waals surface area contributed by atoms with Crippen LogP contribution in [0, 0.1) is 6.92 Å². The molecule has 3 aromatic rings. The van der Waals surface area contributed by atoms with E-state index < -0.39 is 5.91 Å². The molecule has 7 heteroatoms. The van der Waals surface area contributed by atoms with Crippen LogP contribution in [0.3, 0.4) is 0 Å². The lowest BCUT2D eigenvalue weighted by atomic mass is 9.98. The number of nitrogens with one attached hydrogen (secondary N) is 2. The molecule has 7 nitrogen and oxygen atoms in total. The molecule has 0 spiro atoms. The van der Waals surface area contributed by atoms with Crippen LogP contribution >= 0.6 is 0 Å². The summed E-state index contributed by atoms with van der Waals surface area (Å²) in [5.41, 5.74) is 11.0. The summed E-state index contributed by atoms with van der Waals surface area (Å²) in [7, 11) is 0. The van der Waals surface area contributed by atoms with Crippen LogP contribution in [-0.2, 0) is 22.4 Å². The van der Waals surface area contributed by atoms with Crippen molar-refractivity contribution >= 4 is 23.3 Å². The van der Waals surface area contributed by atoms with E-state index in [4.69, 9.17) is 10.5 Å². The monoisotopic (exact) mass is 416 g/mol. The first kappa shape index (κ1) is 20.4. The average molecular weight is 416 g/mol. The van der Waals surface area contributed by atoms with Crippen LogP contribution in [0.5, 0.6) is 5.75 Å². The number of benzene rings is 2. The van der Waals surface area contributed by atoms with Crippen LogP contribution in [0.1, 0.15) is 16.7 Å². The van der Waals surface area contributed by atoms with Crippen LogP contribution < -0.4 is 21.1 Å². The van der Waals surface area contributed by atoms with Crippen LogP contribution in [0.25, 0.3) is 11.1 Å². The number of aromatic nitrogens is 1. The van der Waals surface area contributed by atoms with Crippen molar-refractivity contribution in [2.24, 2.45) is 5.73 Å². The van der Waals surface area contributed by atoms with Gasteiger partial charge in [0, 0.05) is 23.0 Å². The Morgan fingerprint density at radius 3 is 2.90 bits per heavy atom. The molecule has 158 valence electrons. The molecule has 0 saturated carbocycles. The van der Waals surface area contributed by atoms with E-state index >= 15 is 0 Å². The Morgan fingerprint density at radius 1 is 1.23 bits per heavy atom. The maximum atomic E-state index is 11.7. The van der Waals surface area contributed by atoms with Gasteiger partial charge in [-0.2, -0.15) is 0 Å². The van der Waals surface area contributed by atoms with Crippen molar-refractivity contribution in [3.8, 4) is 16.9 Å². The van der Waals surface area contributed by atoms with Gasteiger partial charge >= 0.3 is 0 Å². The highest BCUT2D eigenvalue weighted by Crippen LogP contribution is 2.34. The molecule has 0 saturated heterocycles. The molecule has 2 heterocycles. The number of para-hydroxylation sites is 1. The van der Waals surface area contributed by atoms with Gasteiger partial charge in [-0.15, -0.1) is 0 Å². The van der Waals surface area contributed by atoms with Gasteiger partial charge in [0.15, 0.2) is 0 Å².